The maximum atomic E-state index is 13.0. The number of allylic oxidation sites excluding steroid dienone is 3. The van der Waals surface area contributed by atoms with Crippen LogP contribution in [0.2, 0.25) is 0 Å². The molecule has 5 heterocycles. The van der Waals surface area contributed by atoms with Gasteiger partial charge >= 0.3 is 11.9 Å². The molecule has 0 bridgehead atoms. The zero-order valence-electron chi connectivity index (χ0n) is 26.9. The Morgan fingerprint density at radius 2 is 2.08 bits per heavy atom. The number of nitrogens with zero attached hydrogens (tertiary/aromatic N) is 5. The summed E-state index contributed by atoms with van der Waals surface area (Å²) in [6, 6.07) is 0. The fourth-order valence-electron chi connectivity index (χ4n) is 7.27. The number of aromatic nitrogens is 2. The van der Waals surface area contributed by atoms with Crippen LogP contribution in [0, 0.1) is 11.3 Å². The number of rotatable bonds is 9. The van der Waals surface area contributed by atoms with Crippen molar-refractivity contribution >= 4 is 40.9 Å². The van der Waals surface area contributed by atoms with Crippen molar-refractivity contribution in [3.63, 3.8) is 0 Å². The molecule has 1 saturated carbocycles. The number of aliphatic hydroxyl groups excluding tert-OH is 1. The molecule has 4 aliphatic heterocycles. The first-order valence-corrected chi connectivity index (χ1v) is 16.0. The summed E-state index contributed by atoms with van der Waals surface area (Å²) in [5.41, 5.74) is 1.13. The smallest absolute Gasteiger partial charge is 0.374 e. The van der Waals surface area contributed by atoms with Crippen molar-refractivity contribution in [3.05, 3.63) is 47.0 Å². The molecule has 15 heteroatoms. The number of amidine groups is 1. The fraction of sp³-hybridized carbons (Fsp3) is 0.455. The summed E-state index contributed by atoms with van der Waals surface area (Å²) in [7, 11) is 1.54. The van der Waals surface area contributed by atoms with Gasteiger partial charge in [0.25, 0.3) is 5.84 Å². The first-order valence-electron chi connectivity index (χ1n) is 16.0. The van der Waals surface area contributed by atoms with Gasteiger partial charge < -0.3 is 34.3 Å². The molecular weight excluding hydrogens is 622 g/mol. The molecule has 1 unspecified atom stereocenters. The van der Waals surface area contributed by atoms with Gasteiger partial charge in [0.15, 0.2) is 12.4 Å². The van der Waals surface area contributed by atoms with Gasteiger partial charge in [-0.25, -0.2) is 19.7 Å². The molecule has 3 atom stereocenters. The number of aliphatic imine (C=N–C) groups is 3. The highest BCUT2D eigenvalue weighted by molar-refractivity contribution is 6.66. The molecule has 2 aromatic rings. The maximum Gasteiger partial charge on any atom is 0.374 e. The van der Waals surface area contributed by atoms with Gasteiger partial charge in [0, 0.05) is 30.6 Å². The summed E-state index contributed by atoms with van der Waals surface area (Å²) in [5, 5.41) is 42.6. The Balaban J connectivity index is 1.29. The molecule has 0 amide bonds. The lowest BCUT2D eigenvalue weighted by molar-refractivity contribution is -0.730. The Kier molecular flexibility index (Phi) is 8.13. The number of quaternary nitrogens is 1. The molecule has 1 aromatic heterocycles. The van der Waals surface area contributed by atoms with Gasteiger partial charge in [-0.05, 0) is 44.3 Å². The van der Waals surface area contributed by atoms with Gasteiger partial charge in [-0.1, -0.05) is 18.9 Å². The van der Waals surface area contributed by atoms with Crippen molar-refractivity contribution in [2.75, 3.05) is 20.4 Å². The minimum Gasteiger partial charge on any atom is -0.857 e. The summed E-state index contributed by atoms with van der Waals surface area (Å²) in [5.74, 6) is 0.173. The lowest BCUT2D eigenvalue weighted by Gasteiger charge is -2.35. The Morgan fingerprint density at radius 3 is 2.81 bits per heavy atom. The van der Waals surface area contributed by atoms with Gasteiger partial charge in [-0.3, -0.25) is 9.98 Å². The van der Waals surface area contributed by atoms with E-state index >= 15 is 0 Å². The van der Waals surface area contributed by atoms with E-state index in [0.717, 1.165) is 25.7 Å². The average Bonchev–Trinajstić information content (AvgIpc) is 3.89. The van der Waals surface area contributed by atoms with E-state index in [0.29, 0.717) is 51.0 Å². The van der Waals surface area contributed by atoms with Crippen LogP contribution in [-0.2, 0) is 29.1 Å². The van der Waals surface area contributed by atoms with Crippen LogP contribution in [0.25, 0.3) is 5.57 Å². The van der Waals surface area contributed by atoms with E-state index in [1.54, 1.807) is 25.4 Å². The number of imidazole rings is 1. The molecule has 4 N–H and O–H groups in total. The zero-order chi connectivity index (χ0) is 33.7. The van der Waals surface area contributed by atoms with Crippen LogP contribution in [0.4, 0.5) is 5.95 Å². The quantitative estimate of drug-likeness (QED) is 0.278. The highest BCUT2D eigenvalue weighted by atomic mass is 16.6. The molecule has 0 radical (unpaired) electrons. The van der Waals surface area contributed by atoms with Crippen molar-refractivity contribution in [3.8, 4) is 17.2 Å². The summed E-state index contributed by atoms with van der Waals surface area (Å²) in [6.45, 7) is 3.60. The van der Waals surface area contributed by atoms with Crippen molar-refractivity contribution in [2.24, 2.45) is 20.9 Å². The number of carbonyl (C=O) groups excluding carboxylic acids is 1. The van der Waals surface area contributed by atoms with Crippen LogP contribution in [0.5, 0.6) is 17.2 Å². The van der Waals surface area contributed by atoms with E-state index in [-0.39, 0.29) is 54.8 Å². The second-order valence-corrected chi connectivity index (χ2v) is 12.4. The van der Waals surface area contributed by atoms with E-state index in [1.807, 2.05) is 17.6 Å². The second kappa shape index (κ2) is 12.3. The Labute approximate surface area is 276 Å². The number of nitrogens with one attached hydrogen (secondary N) is 2. The monoisotopic (exact) mass is 659 g/mol. The third-order valence-electron chi connectivity index (χ3n) is 9.69. The molecule has 252 valence electrons. The summed E-state index contributed by atoms with van der Waals surface area (Å²) in [6.07, 6.45) is 10.5. The van der Waals surface area contributed by atoms with Gasteiger partial charge in [-0.2, -0.15) is 9.98 Å². The van der Waals surface area contributed by atoms with Gasteiger partial charge in [0.2, 0.25) is 11.7 Å². The van der Waals surface area contributed by atoms with Crippen LogP contribution >= 0.6 is 0 Å². The zero-order valence-corrected chi connectivity index (χ0v) is 26.9. The molecule has 1 fully saturated rings. The number of esters is 1. The summed E-state index contributed by atoms with van der Waals surface area (Å²) >= 11 is 0. The van der Waals surface area contributed by atoms with Crippen LogP contribution in [-0.4, -0.2) is 81.2 Å². The molecule has 5 aliphatic rings. The Morgan fingerprint density at radius 1 is 1.29 bits per heavy atom. The minimum absolute atomic E-state index is 0.0776. The number of aliphatic hydroxyl groups is 2. The van der Waals surface area contributed by atoms with Crippen molar-refractivity contribution < 1.29 is 44.0 Å². The van der Waals surface area contributed by atoms with Crippen molar-refractivity contribution in [1.82, 2.24) is 9.55 Å². The molecule has 0 spiro atoms. The lowest BCUT2D eigenvalue weighted by atomic mass is 9.81. The van der Waals surface area contributed by atoms with Crippen molar-refractivity contribution in [1.29, 1.82) is 5.41 Å². The SMILES string of the molecule is CCOC(=O)C1=CC(=CCn2ccnc2[NH+]2CN=C3C([O-])=NC(=N)N=C32)c2c(OC)c3c(c(CO)c2O1)O[C@H]([C@@](C)(O)C1CCCC1)C3. The molecule has 0 saturated heterocycles. The fourth-order valence-corrected chi connectivity index (χ4v) is 7.27. The predicted octanol–water partition coefficient (Wildman–Crippen LogP) is 0.586. The minimum atomic E-state index is -1.11. The molecule has 1 aromatic carbocycles. The topological polar surface area (TPSA) is 201 Å². The third kappa shape index (κ3) is 5.18. The molecule has 1 aliphatic carbocycles. The maximum absolute atomic E-state index is 13.0. The second-order valence-electron chi connectivity index (χ2n) is 12.4. The van der Waals surface area contributed by atoms with Crippen molar-refractivity contribution in [2.45, 2.75) is 70.8 Å². The van der Waals surface area contributed by atoms with E-state index in [4.69, 9.17) is 24.4 Å². The molecule has 48 heavy (non-hydrogen) atoms. The van der Waals surface area contributed by atoms with Crippen LogP contribution in [0.15, 0.2) is 45.3 Å². The number of fused-ring (bicyclic) bond motifs is 3. The third-order valence-corrected chi connectivity index (χ3v) is 9.69. The standard InChI is InChI=1S/C33H37N7O8/c1-4-46-30(43)21-13-17(9-11-39-12-10-35-32(39)40-16-36-24-28(40)37-31(34)38-29(24)42)23-26(45-3)19-14-22(33(2,44)18-7-5-6-8-18)48-25(19)20(15-41)27(23)47-21/h9-10,12-13,18,22,41,44H,4-8,11,14-16H2,1-3H3,(H2,34,38,42)/t22-,33-/m0/s1. The molecule has 15 nitrogen and oxygen atoms in total. The Bertz CT molecular complexity index is 1850. The normalized spacial score (nSPS) is 23.6. The predicted molar refractivity (Wildman–Crippen MR) is 171 cm³/mol. The van der Waals surface area contributed by atoms with Crippen LogP contribution < -0.4 is 24.2 Å². The number of carbonyl (C=O) groups is 1. The number of ether oxygens (including phenoxy) is 4. The number of benzene rings is 1. The Hall–Kier alpha value is -4.86. The molecule has 7 rings (SSSR count). The number of hydrogen-bond acceptors (Lipinski definition) is 11. The summed E-state index contributed by atoms with van der Waals surface area (Å²) < 4.78 is 25.7. The number of methoxy groups -OCH3 is 1. The van der Waals surface area contributed by atoms with Gasteiger partial charge in [0.05, 0.1) is 37.6 Å². The van der Waals surface area contributed by atoms with Crippen LogP contribution in [0.3, 0.4) is 0 Å². The van der Waals surface area contributed by atoms with E-state index < -0.39 is 30.2 Å². The van der Waals surface area contributed by atoms with Gasteiger partial charge in [0.1, 0.15) is 29.0 Å². The molecular formula is C33H37N7O8. The first-order chi connectivity index (χ1) is 23.2. The highest BCUT2D eigenvalue weighted by Crippen LogP contribution is 2.54. The van der Waals surface area contributed by atoms with E-state index in [1.165, 1.54) is 7.11 Å². The largest absolute Gasteiger partial charge is 0.857 e. The first kappa shape index (κ1) is 31.7. The van der Waals surface area contributed by atoms with E-state index in [9.17, 15) is 20.1 Å². The average molecular weight is 660 g/mol. The van der Waals surface area contributed by atoms with E-state index in [2.05, 4.69) is 20.0 Å². The van der Waals surface area contributed by atoms with Gasteiger partial charge in [-0.15, -0.1) is 0 Å². The number of guanidine groups is 1. The highest BCUT2D eigenvalue weighted by Gasteiger charge is 2.48. The van der Waals surface area contributed by atoms with Crippen LogP contribution in [0.1, 0.15) is 56.2 Å². The summed E-state index contributed by atoms with van der Waals surface area (Å²) in [4.78, 5) is 30.1. The number of hydrogen-bond donors (Lipinski definition) is 4. The lowest BCUT2D eigenvalue weighted by Crippen LogP contribution is -3.10.